The molecule has 20 heavy (non-hydrogen) atoms. The van der Waals surface area contributed by atoms with Gasteiger partial charge in [-0.2, -0.15) is 0 Å². The first kappa shape index (κ1) is 13.8. The van der Waals surface area contributed by atoms with E-state index >= 15 is 0 Å². The van der Waals surface area contributed by atoms with Crippen LogP contribution in [0.4, 0.5) is 0 Å². The first-order valence-corrected chi connectivity index (χ1v) is 8.23. The number of rotatable bonds is 2. The van der Waals surface area contributed by atoms with Crippen LogP contribution >= 0.6 is 27.3 Å². The number of fused-ring (bicyclic) bond motifs is 1. The molecule has 0 saturated carbocycles. The van der Waals surface area contributed by atoms with Crippen molar-refractivity contribution < 1.29 is 0 Å². The number of benzene rings is 2. The second kappa shape index (κ2) is 5.32. The molecule has 0 saturated heterocycles. The van der Waals surface area contributed by atoms with E-state index in [4.69, 9.17) is 5.73 Å². The summed E-state index contributed by atoms with van der Waals surface area (Å²) in [7, 11) is 0. The highest BCUT2D eigenvalue weighted by Gasteiger charge is 2.16. The normalized spacial score (nSPS) is 12.8. The number of nitrogens with two attached hydrogens (primary N) is 1. The Bertz CT molecular complexity index is 776. The van der Waals surface area contributed by atoms with Crippen LogP contribution in [-0.4, -0.2) is 0 Å². The van der Waals surface area contributed by atoms with Crippen LogP contribution in [0, 0.1) is 13.8 Å². The zero-order valence-corrected chi connectivity index (χ0v) is 13.9. The maximum atomic E-state index is 6.54. The van der Waals surface area contributed by atoms with E-state index in [2.05, 4.69) is 71.6 Å². The molecule has 0 amide bonds. The molecular weight excluding hydrogens is 330 g/mol. The average Bonchev–Trinajstić information content (AvgIpc) is 2.86. The molecule has 1 aromatic heterocycles. The minimum Gasteiger partial charge on any atom is -0.320 e. The van der Waals surface area contributed by atoms with E-state index in [0.717, 1.165) is 4.47 Å². The van der Waals surface area contributed by atoms with Crippen LogP contribution in [0.15, 0.2) is 46.3 Å². The molecule has 3 rings (SSSR count). The highest BCUT2D eigenvalue weighted by atomic mass is 79.9. The molecular formula is C17H16BrNS. The van der Waals surface area contributed by atoms with Crippen LogP contribution in [0.25, 0.3) is 10.1 Å². The molecule has 102 valence electrons. The minimum absolute atomic E-state index is 0.0713. The fourth-order valence-electron chi connectivity index (χ4n) is 2.55. The van der Waals surface area contributed by atoms with Crippen LogP contribution in [0.3, 0.4) is 0 Å². The number of hydrogen-bond acceptors (Lipinski definition) is 2. The van der Waals surface area contributed by atoms with E-state index in [9.17, 15) is 0 Å². The number of hydrogen-bond donors (Lipinski definition) is 1. The topological polar surface area (TPSA) is 26.0 Å². The van der Waals surface area contributed by atoms with Gasteiger partial charge in [0.2, 0.25) is 0 Å². The van der Waals surface area contributed by atoms with Gasteiger partial charge in [0, 0.05) is 9.17 Å². The predicted octanol–water partition coefficient (Wildman–Crippen LogP) is 5.33. The largest absolute Gasteiger partial charge is 0.320 e. The molecule has 1 unspecified atom stereocenters. The summed E-state index contributed by atoms with van der Waals surface area (Å²) >= 11 is 5.36. The monoisotopic (exact) mass is 345 g/mol. The number of aryl methyl sites for hydroxylation is 2. The Hall–Kier alpha value is -1.16. The predicted molar refractivity (Wildman–Crippen MR) is 91.5 cm³/mol. The summed E-state index contributed by atoms with van der Waals surface area (Å²) in [5, 5.41) is 3.43. The van der Waals surface area contributed by atoms with E-state index in [0.29, 0.717) is 0 Å². The molecule has 0 fully saturated rings. The first-order valence-electron chi connectivity index (χ1n) is 6.56. The van der Waals surface area contributed by atoms with Crippen molar-refractivity contribution >= 4 is 37.4 Å². The smallest absolute Gasteiger partial charge is 0.0568 e. The van der Waals surface area contributed by atoms with Crippen molar-refractivity contribution in [3.63, 3.8) is 0 Å². The molecule has 3 aromatic rings. The maximum Gasteiger partial charge on any atom is 0.0568 e. The lowest BCUT2D eigenvalue weighted by Crippen LogP contribution is -2.13. The van der Waals surface area contributed by atoms with Gasteiger partial charge >= 0.3 is 0 Å². The van der Waals surface area contributed by atoms with Gasteiger partial charge in [-0.05, 0) is 63.3 Å². The van der Waals surface area contributed by atoms with Crippen LogP contribution in [0.2, 0.25) is 0 Å². The third-order valence-electron chi connectivity index (χ3n) is 3.69. The van der Waals surface area contributed by atoms with E-state index < -0.39 is 0 Å². The fraction of sp³-hybridized carbons (Fsp3) is 0.176. The van der Waals surface area contributed by atoms with Crippen LogP contribution in [-0.2, 0) is 0 Å². The zero-order valence-electron chi connectivity index (χ0n) is 11.5. The molecule has 0 radical (unpaired) electrons. The molecule has 0 spiro atoms. The molecule has 1 atom stereocenters. The quantitative estimate of drug-likeness (QED) is 0.667. The molecule has 3 heteroatoms. The van der Waals surface area contributed by atoms with Gasteiger partial charge in [-0.15, -0.1) is 11.3 Å². The summed E-state index contributed by atoms with van der Waals surface area (Å²) in [6, 6.07) is 12.7. The van der Waals surface area contributed by atoms with Crippen molar-refractivity contribution in [2.24, 2.45) is 5.73 Å². The first-order chi connectivity index (χ1) is 9.58. The second-order valence-corrected chi connectivity index (χ2v) is 6.88. The van der Waals surface area contributed by atoms with Crippen molar-refractivity contribution in [1.82, 2.24) is 0 Å². The lowest BCUT2D eigenvalue weighted by atomic mass is 9.94. The third kappa shape index (κ3) is 2.30. The van der Waals surface area contributed by atoms with E-state index in [1.807, 2.05) is 0 Å². The zero-order chi connectivity index (χ0) is 14.3. The van der Waals surface area contributed by atoms with Gasteiger partial charge in [0.25, 0.3) is 0 Å². The highest BCUT2D eigenvalue weighted by Crippen LogP contribution is 2.37. The lowest BCUT2D eigenvalue weighted by molar-refractivity contribution is 0.872. The fourth-order valence-corrected chi connectivity index (χ4v) is 4.20. The van der Waals surface area contributed by atoms with Crippen molar-refractivity contribution in [1.29, 1.82) is 0 Å². The molecule has 0 bridgehead atoms. The maximum absolute atomic E-state index is 6.54. The van der Waals surface area contributed by atoms with Crippen molar-refractivity contribution in [2.75, 3.05) is 0 Å². The van der Waals surface area contributed by atoms with Crippen molar-refractivity contribution in [3.8, 4) is 0 Å². The molecule has 0 aliphatic heterocycles. The minimum atomic E-state index is -0.0713. The summed E-state index contributed by atoms with van der Waals surface area (Å²) in [6.45, 7) is 4.23. The van der Waals surface area contributed by atoms with Crippen LogP contribution in [0.5, 0.6) is 0 Å². The van der Waals surface area contributed by atoms with Gasteiger partial charge in [0.1, 0.15) is 0 Å². The summed E-state index contributed by atoms with van der Waals surface area (Å²) < 4.78 is 2.41. The summed E-state index contributed by atoms with van der Waals surface area (Å²) in [5.41, 5.74) is 11.5. The Morgan fingerprint density at radius 3 is 2.70 bits per heavy atom. The second-order valence-electron chi connectivity index (χ2n) is 5.15. The summed E-state index contributed by atoms with van der Waals surface area (Å²) in [5.74, 6) is 0. The van der Waals surface area contributed by atoms with Gasteiger partial charge in [0.05, 0.1) is 6.04 Å². The third-order valence-corrected chi connectivity index (χ3v) is 5.66. The molecule has 1 heterocycles. The van der Waals surface area contributed by atoms with Crippen LogP contribution < -0.4 is 5.73 Å². The van der Waals surface area contributed by atoms with Gasteiger partial charge < -0.3 is 5.73 Å². The SMILES string of the molecule is Cc1ccc(C)c(C(N)c2csc3c(Br)cccc23)c1. The van der Waals surface area contributed by atoms with Crippen molar-refractivity contribution in [3.05, 3.63) is 68.5 Å². The van der Waals surface area contributed by atoms with Gasteiger partial charge in [-0.3, -0.25) is 0 Å². The Balaban J connectivity index is 2.15. The number of thiophene rings is 1. The lowest BCUT2D eigenvalue weighted by Gasteiger charge is -2.15. The van der Waals surface area contributed by atoms with Gasteiger partial charge in [-0.25, -0.2) is 0 Å². The molecule has 2 aromatic carbocycles. The Morgan fingerprint density at radius 1 is 1.10 bits per heavy atom. The Kier molecular flexibility index (Phi) is 3.67. The Labute approximate surface area is 131 Å². The number of halogens is 1. The van der Waals surface area contributed by atoms with E-state index in [-0.39, 0.29) is 6.04 Å². The summed E-state index contributed by atoms with van der Waals surface area (Å²) in [4.78, 5) is 0. The summed E-state index contributed by atoms with van der Waals surface area (Å²) in [6.07, 6.45) is 0. The molecule has 2 N–H and O–H groups in total. The standard InChI is InChI=1S/C17H16BrNS/c1-10-6-7-11(2)13(8-10)16(19)14-9-20-17-12(14)4-3-5-15(17)18/h3-9,16H,19H2,1-2H3. The molecule has 1 nitrogen and oxygen atoms in total. The van der Waals surface area contributed by atoms with Gasteiger partial charge in [0.15, 0.2) is 0 Å². The van der Waals surface area contributed by atoms with E-state index in [1.54, 1.807) is 11.3 Å². The molecule has 0 aliphatic rings. The molecule has 0 aliphatic carbocycles. The van der Waals surface area contributed by atoms with Gasteiger partial charge in [-0.1, -0.05) is 35.9 Å². The Morgan fingerprint density at radius 2 is 1.90 bits per heavy atom. The average molecular weight is 346 g/mol. The van der Waals surface area contributed by atoms with E-state index in [1.165, 1.54) is 32.3 Å². The van der Waals surface area contributed by atoms with Crippen LogP contribution in [0.1, 0.15) is 28.3 Å². The highest BCUT2D eigenvalue weighted by molar-refractivity contribution is 9.10. The van der Waals surface area contributed by atoms with Crippen molar-refractivity contribution in [2.45, 2.75) is 19.9 Å².